The molecule has 6 nitrogen and oxygen atoms in total. The Balaban J connectivity index is 0. The van der Waals surface area contributed by atoms with Crippen molar-refractivity contribution in [3.63, 3.8) is 0 Å². The average molecular weight is 539 g/mol. The summed E-state index contributed by atoms with van der Waals surface area (Å²) in [6.45, 7) is 24.8. The molecule has 0 heterocycles. The van der Waals surface area contributed by atoms with Crippen molar-refractivity contribution in [3.05, 3.63) is 0 Å². The Morgan fingerprint density at radius 3 is 1.00 bits per heavy atom. The van der Waals surface area contributed by atoms with Gasteiger partial charge in [-0.25, -0.2) is 0 Å². The fraction of sp³-hybridized carbons (Fsp3) is 1.00. The van der Waals surface area contributed by atoms with Gasteiger partial charge in [-0.15, -0.1) is 0 Å². The zero-order valence-electron chi connectivity index (χ0n) is 25.4. The minimum Gasteiger partial charge on any atom is -0.374 e. The van der Waals surface area contributed by atoms with Crippen molar-refractivity contribution in [3.8, 4) is 0 Å². The maximum Gasteiger partial charge on any atom is 0.501 e. The highest BCUT2D eigenvalue weighted by Crippen LogP contribution is 2.25. The van der Waals surface area contributed by atoms with E-state index in [1.54, 1.807) is 0 Å². The maximum absolute atomic E-state index is 6.13. The van der Waals surface area contributed by atoms with Crippen LogP contribution < -0.4 is 0 Å². The highest BCUT2D eigenvalue weighted by atomic mass is 28.4. The van der Waals surface area contributed by atoms with E-state index < -0.39 is 17.6 Å². The summed E-state index contributed by atoms with van der Waals surface area (Å²) in [5.74, 6) is 0. The van der Waals surface area contributed by atoms with E-state index in [4.69, 9.17) is 26.6 Å². The fourth-order valence-electron chi connectivity index (χ4n) is 3.88. The van der Waals surface area contributed by atoms with E-state index in [0.29, 0.717) is 19.8 Å². The van der Waals surface area contributed by atoms with Crippen molar-refractivity contribution < 1.29 is 26.6 Å². The zero-order chi connectivity index (χ0) is 27.2. The third-order valence-corrected chi connectivity index (χ3v) is 11.6. The van der Waals surface area contributed by atoms with E-state index in [1.165, 1.54) is 38.5 Å². The van der Waals surface area contributed by atoms with Crippen molar-refractivity contribution in [2.75, 3.05) is 19.8 Å². The number of hydrogen-bond donors (Lipinski definition) is 0. The molecule has 0 aromatic rings. The second-order valence-corrected chi connectivity index (χ2v) is 15.1. The highest BCUT2D eigenvalue weighted by Gasteiger charge is 2.43. The zero-order valence-corrected chi connectivity index (χ0v) is 27.4. The quantitative estimate of drug-likeness (QED) is 0.102. The summed E-state index contributed by atoms with van der Waals surface area (Å²) >= 11 is 0. The molecule has 0 N–H and O–H groups in total. The topological polar surface area (TPSA) is 55.4 Å². The molecule has 0 aliphatic heterocycles. The van der Waals surface area contributed by atoms with Crippen molar-refractivity contribution >= 4 is 17.6 Å². The predicted molar refractivity (Wildman–Crippen MR) is 153 cm³/mol. The molecule has 0 aliphatic rings. The van der Waals surface area contributed by atoms with Crippen LogP contribution in [0.5, 0.6) is 0 Å². The molecule has 0 saturated carbocycles. The van der Waals surface area contributed by atoms with Gasteiger partial charge in [-0.1, -0.05) is 52.4 Å². The maximum atomic E-state index is 6.13. The highest BCUT2D eigenvalue weighted by molar-refractivity contribution is 6.61. The lowest BCUT2D eigenvalue weighted by molar-refractivity contribution is 0.00277. The molecule has 35 heavy (non-hydrogen) atoms. The SMILES string of the molecule is CCCCCC[Si](OC(C)C)(OC(C)C)OC(C)C.CCCCCC[Si](OCC)(OCC)OCC. The first-order chi connectivity index (χ1) is 16.6. The van der Waals surface area contributed by atoms with Gasteiger partial charge in [0.1, 0.15) is 0 Å². The first-order valence-electron chi connectivity index (χ1n) is 14.5. The van der Waals surface area contributed by atoms with Crippen LogP contribution in [0, 0.1) is 0 Å². The third kappa shape index (κ3) is 20.9. The van der Waals surface area contributed by atoms with Crippen molar-refractivity contribution in [2.45, 2.75) is 158 Å². The van der Waals surface area contributed by atoms with Gasteiger partial charge in [0.25, 0.3) is 0 Å². The lowest BCUT2D eigenvalue weighted by atomic mass is 10.2. The molecule has 8 heteroatoms. The monoisotopic (exact) mass is 538 g/mol. The van der Waals surface area contributed by atoms with Crippen LogP contribution in [0.2, 0.25) is 12.1 Å². The molecule has 0 radical (unpaired) electrons. The smallest absolute Gasteiger partial charge is 0.374 e. The van der Waals surface area contributed by atoms with Crippen LogP contribution in [-0.4, -0.2) is 55.7 Å². The minimum absolute atomic E-state index is 0.148. The van der Waals surface area contributed by atoms with Crippen LogP contribution >= 0.6 is 0 Å². The van der Waals surface area contributed by atoms with E-state index in [9.17, 15) is 0 Å². The molecule has 0 saturated heterocycles. The molecular weight excluding hydrogens is 476 g/mol. The predicted octanol–water partition coefficient (Wildman–Crippen LogP) is 8.40. The Labute approximate surface area is 221 Å². The van der Waals surface area contributed by atoms with Gasteiger partial charge >= 0.3 is 17.6 Å². The summed E-state index contributed by atoms with van der Waals surface area (Å²) in [7, 11) is -4.88. The Morgan fingerprint density at radius 2 is 0.743 bits per heavy atom. The third-order valence-electron chi connectivity index (χ3n) is 5.01. The molecule has 0 unspecified atom stereocenters. The van der Waals surface area contributed by atoms with E-state index in [1.807, 2.05) is 20.8 Å². The van der Waals surface area contributed by atoms with Crippen molar-refractivity contribution in [1.29, 1.82) is 0 Å². The molecule has 0 spiro atoms. The largest absolute Gasteiger partial charge is 0.501 e. The van der Waals surface area contributed by atoms with Crippen molar-refractivity contribution in [2.24, 2.45) is 0 Å². The lowest BCUT2D eigenvalue weighted by Gasteiger charge is -2.34. The first kappa shape index (κ1) is 37.3. The molecule has 0 atom stereocenters. The van der Waals surface area contributed by atoms with Gasteiger partial charge in [0.05, 0.1) is 0 Å². The van der Waals surface area contributed by atoms with E-state index >= 15 is 0 Å². The van der Waals surface area contributed by atoms with Crippen LogP contribution in [0.15, 0.2) is 0 Å². The van der Waals surface area contributed by atoms with E-state index in [-0.39, 0.29) is 18.3 Å². The van der Waals surface area contributed by atoms with E-state index in [0.717, 1.165) is 24.9 Å². The number of rotatable bonds is 22. The van der Waals surface area contributed by atoms with Gasteiger partial charge < -0.3 is 26.6 Å². The standard InChI is InChI=1S/C15H34O3Si.C12H28O3Si/c1-8-9-10-11-12-19(16-13(2)3,17-14(4)5)18-15(6)7;1-5-9-10-11-12-16(13-6-2,14-7-3)15-8-4/h13-15H,8-12H2,1-7H3;5-12H2,1-4H3. The second-order valence-electron chi connectivity index (χ2n) is 9.79. The van der Waals surface area contributed by atoms with Gasteiger partial charge in [-0.3, -0.25) is 0 Å². The normalized spacial score (nSPS) is 12.5. The number of hydrogen-bond acceptors (Lipinski definition) is 6. The summed E-state index contributed by atoms with van der Waals surface area (Å²) in [4.78, 5) is 0. The Morgan fingerprint density at radius 1 is 0.429 bits per heavy atom. The van der Waals surface area contributed by atoms with Crippen LogP contribution in [0.1, 0.15) is 128 Å². The molecular formula is C27H62O6Si2. The molecule has 0 aromatic heterocycles. The fourth-order valence-corrected chi connectivity index (χ4v) is 9.92. The van der Waals surface area contributed by atoms with Crippen LogP contribution in [0.4, 0.5) is 0 Å². The van der Waals surface area contributed by atoms with Gasteiger partial charge in [0.15, 0.2) is 0 Å². The molecule has 0 aliphatic carbocycles. The molecule has 0 aromatic carbocycles. The number of unbranched alkanes of at least 4 members (excludes halogenated alkanes) is 6. The van der Waals surface area contributed by atoms with Gasteiger partial charge in [-0.2, -0.15) is 0 Å². The summed E-state index contributed by atoms with van der Waals surface area (Å²) in [5, 5.41) is 0. The molecule has 214 valence electrons. The van der Waals surface area contributed by atoms with Gasteiger partial charge in [0.2, 0.25) is 0 Å². The Hall–Kier alpha value is 0.194. The van der Waals surface area contributed by atoms with E-state index in [2.05, 4.69) is 55.4 Å². The Bertz CT molecular complexity index is 406. The molecule has 0 fully saturated rings. The summed E-state index contributed by atoms with van der Waals surface area (Å²) < 4.78 is 35.8. The summed E-state index contributed by atoms with van der Waals surface area (Å²) in [5.41, 5.74) is 0. The van der Waals surface area contributed by atoms with Crippen LogP contribution in [-0.2, 0) is 26.6 Å². The molecule has 0 rings (SSSR count). The molecule has 0 amide bonds. The first-order valence-corrected chi connectivity index (χ1v) is 18.4. The second kappa shape index (κ2) is 23.3. The average Bonchev–Trinajstić information content (AvgIpc) is 2.74. The Kier molecular flexibility index (Phi) is 24.9. The van der Waals surface area contributed by atoms with Crippen LogP contribution in [0.3, 0.4) is 0 Å². The van der Waals surface area contributed by atoms with Crippen LogP contribution in [0.25, 0.3) is 0 Å². The summed E-state index contributed by atoms with van der Waals surface area (Å²) in [6, 6.07) is 1.89. The molecule has 0 bridgehead atoms. The van der Waals surface area contributed by atoms with Gasteiger partial charge in [0, 0.05) is 50.2 Å². The minimum atomic E-state index is -2.53. The summed E-state index contributed by atoms with van der Waals surface area (Å²) in [6.07, 6.45) is 10.3. The van der Waals surface area contributed by atoms with Gasteiger partial charge in [-0.05, 0) is 75.2 Å². The lowest BCUT2D eigenvalue weighted by Crippen LogP contribution is -2.50. The van der Waals surface area contributed by atoms with Crippen molar-refractivity contribution in [1.82, 2.24) is 0 Å².